The van der Waals surface area contributed by atoms with Crippen LogP contribution in [0.4, 0.5) is 0 Å². The second-order valence-corrected chi connectivity index (χ2v) is 6.04. The molecule has 1 rings (SSSR count). The molecule has 1 atom stereocenters. The Kier molecular flexibility index (Phi) is 7.94. The summed E-state index contributed by atoms with van der Waals surface area (Å²) in [5, 5.41) is 0. The predicted octanol–water partition coefficient (Wildman–Crippen LogP) is 1.72. The fourth-order valence-electron chi connectivity index (χ4n) is 2.80. The molecular formula is C14H30ClN3O. The molecule has 1 aliphatic carbocycles. The lowest BCUT2D eigenvalue weighted by atomic mass is 10.1. The van der Waals surface area contributed by atoms with Gasteiger partial charge in [0.2, 0.25) is 5.91 Å². The van der Waals surface area contributed by atoms with E-state index < -0.39 is 0 Å². The maximum atomic E-state index is 12.3. The Hall–Kier alpha value is -0.320. The number of likely N-dealkylation sites (N-methyl/N-ethyl adjacent to an activating group) is 1. The van der Waals surface area contributed by atoms with Gasteiger partial charge in [0, 0.05) is 24.7 Å². The van der Waals surface area contributed by atoms with Crippen molar-refractivity contribution in [2.45, 2.75) is 58.7 Å². The number of rotatable bonds is 7. The molecule has 0 aliphatic heterocycles. The van der Waals surface area contributed by atoms with Crippen molar-refractivity contribution in [3.63, 3.8) is 0 Å². The first-order chi connectivity index (χ1) is 8.38. The number of hydrogen-bond donors (Lipinski definition) is 1. The molecule has 1 amide bonds. The zero-order chi connectivity index (χ0) is 13.9. The number of halogens is 1. The fourth-order valence-corrected chi connectivity index (χ4v) is 2.80. The Morgan fingerprint density at radius 1 is 1.21 bits per heavy atom. The van der Waals surface area contributed by atoms with Crippen LogP contribution in [-0.2, 0) is 4.79 Å². The second-order valence-electron chi connectivity index (χ2n) is 6.04. The minimum absolute atomic E-state index is 0. The number of carbonyl (C=O) groups is 1. The summed E-state index contributed by atoms with van der Waals surface area (Å²) < 4.78 is 0. The highest BCUT2D eigenvalue weighted by atomic mass is 35.5. The summed E-state index contributed by atoms with van der Waals surface area (Å²) in [6.07, 6.45) is 2.52. The molecule has 1 saturated carbocycles. The maximum absolute atomic E-state index is 12.3. The van der Waals surface area contributed by atoms with Gasteiger partial charge in [0.1, 0.15) is 0 Å². The summed E-state index contributed by atoms with van der Waals surface area (Å²) in [7, 11) is 2.02. The van der Waals surface area contributed by atoms with Gasteiger partial charge < -0.3 is 10.6 Å². The van der Waals surface area contributed by atoms with E-state index in [0.29, 0.717) is 25.0 Å². The smallest absolute Gasteiger partial charge is 0.237 e. The van der Waals surface area contributed by atoms with Crippen molar-refractivity contribution in [1.29, 1.82) is 0 Å². The van der Waals surface area contributed by atoms with E-state index in [2.05, 4.69) is 32.6 Å². The first kappa shape index (κ1) is 18.7. The molecule has 0 aromatic carbocycles. The van der Waals surface area contributed by atoms with Gasteiger partial charge in [0.25, 0.3) is 0 Å². The van der Waals surface area contributed by atoms with Crippen LogP contribution in [0.15, 0.2) is 0 Å². The molecule has 0 heterocycles. The number of hydrogen-bond acceptors (Lipinski definition) is 3. The van der Waals surface area contributed by atoms with Crippen molar-refractivity contribution in [2.75, 3.05) is 20.1 Å². The molecular weight excluding hydrogens is 262 g/mol. The lowest BCUT2D eigenvalue weighted by Crippen LogP contribution is -2.50. The highest BCUT2D eigenvalue weighted by Gasteiger charge is 2.34. The third kappa shape index (κ3) is 5.28. The molecule has 2 N–H and O–H groups in total. The molecule has 0 spiro atoms. The SMILES string of the molecule is CC(C)N(C(=O)CN(C)C(CN)C1CC1)C(C)C.Cl. The van der Waals surface area contributed by atoms with Crippen molar-refractivity contribution in [1.82, 2.24) is 9.80 Å². The van der Waals surface area contributed by atoms with E-state index in [4.69, 9.17) is 5.73 Å². The molecule has 0 aromatic heterocycles. The van der Waals surface area contributed by atoms with Gasteiger partial charge in [-0.05, 0) is 53.5 Å². The third-order valence-electron chi connectivity index (χ3n) is 3.76. The van der Waals surface area contributed by atoms with Gasteiger partial charge in [-0.15, -0.1) is 12.4 Å². The summed E-state index contributed by atoms with van der Waals surface area (Å²) in [6.45, 7) is 9.41. The summed E-state index contributed by atoms with van der Waals surface area (Å²) in [5.41, 5.74) is 5.82. The van der Waals surface area contributed by atoms with Gasteiger partial charge in [-0.3, -0.25) is 9.69 Å². The molecule has 1 aliphatic rings. The first-order valence-electron chi connectivity index (χ1n) is 7.10. The first-order valence-corrected chi connectivity index (χ1v) is 7.10. The van der Waals surface area contributed by atoms with Crippen LogP contribution in [0.3, 0.4) is 0 Å². The molecule has 19 heavy (non-hydrogen) atoms. The zero-order valence-corrected chi connectivity index (χ0v) is 13.7. The number of amides is 1. The second kappa shape index (κ2) is 8.08. The van der Waals surface area contributed by atoms with Crippen LogP contribution in [0.2, 0.25) is 0 Å². The highest BCUT2D eigenvalue weighted by molar-refractivity contribution is 5.85. The minimum atomic E-state index is 0. The zero-order valence-electron chi connectivity index (χ0n) is 12.9. The quantitative estimate of drug-likeness (QED) is 0.777. The van der Waals surface area contributed by atoms with Crippen LogP contribution in [0, 0.1) is 5.92 Å². The lowest BCUT2D eigenvalue weighted by molar-refractivity contribution is -0.136. The molecule has 114 valence electrons. The van der Waals surface area contributed by atoms with Crippen LogP contribution in [0.25, 0.3) is 0 Å². The largest absolute Gasteiger partial charge is 0.337 e. The van der Waals surface area contributed by atoms with E-state index in [1.165, 1.54) is 12.8 Å². The number of nitrogens with two attached hydrogens (primary N) is 1. The monoisotopic (exact) mass is 291 g/mol. The summed E-state index contributed by atoms with van der Waals surface area (Å²) in [4.78, 5) is 16.4. The Bertz CT molecular complexity index is 272. The minimum Gasteiger partial charge on any atom is -0.337 e. The molecule has 0 radical (unpaired) electrons. The van der Waals surface area contributed by atoms with Gasteiger partial charge >= 0.3 is 0 Å². The summed E-state index contributed by atoms with van der Waals surface area (Å²) >= 11 is 0. The van der Waals surface area contributed by atoms with Crippen molar-refractivity contribution in [2.24, 2.45) is 11.7 Å². The van der Waals surface area contributed by atoms with E-state index in [-0.39, 0.29) is 30.4 Å². The van der Waals surface area contributed by atoms with E-state index in [1.54, 1.807) is 0 Å². The molecule has 4 nitrogen and oxygen atoms in total. The average molecular weight is 292 g/mol. The average Bonchev–Trinajstić information content (AvgIpc) is 3.01. The van der Waals surface area contributed by atoms with E-state index in [0.717, 1.165) is 0 Å². The van der Waals surface area contributed by atoms with Gasteiger partial charge in [-0.2, -0.15) is 0 Å². The molecule has 0 aromatic rings. The van der Waals surface area contributed by atoms with E-state index in [1.807, 2.05) is 11.9 Å². The van der Waals surface area contributed by atoms with Crippen LogP contribution in [0.5, 0.6) is 0 Å². The molecule has 0 saturated heterocycles. The fraction of sp³-hybridized carbons (Fsp3) is 0.929. The third-order valence-corrected chi connectivity index (χ3v) is 3.76. The molecule has 5 heteroatoms. The van der Waals surface area contributed by atoms with Gasteiger partial charge in [0.15, 0.2) is 0 Å². The lowest BCUT2D eigenvalue weighted by Gasteiger charge is -2.34. The van der Waals surface area contributed by atoms with Gasteiger partial charge in [-0.25, -0.2) is 0 Å². The molecule has 1 fully saturated rings. The van der Waals surface area contributed by atoms with Crippen LogP contribution in [0.1, 0.15) is 40.5 Å². The van der Waals surface area contributed by atoms with Gasteiger partial charge in [0.05, 0.1) is 6.54 Å². The van der Waals surface area contributed by atoms with Gasteiger partial charge in [-0.1, -0.05) is 0 Å². The summed E-state index contributed by atoms with van der Waals surface area (Å²) in [6, 6.07) is 0.876. The van der Waals surface area contributed by atoms with Crippen LogP contribution >= 0.6 is 12.4 Å². The van der Waals surface area contributed by atoms with Crippen molar-refractivity contribution in [3.8, 4) is 0 Å². The molecule has 0 bridgehead atoms. The van der Waals surface area contributed by atoms with Crippen LogP contribution < -0.4 is 5.73 Å². The Morgan fingerprint density at radius 3 is 2.00 bits per heavy atom. The maximum Gasteiger partial charge on any atom is 0.237 e. The standard InChI is InChI=1S/C14H29N3O.ClH/c1-10(2)17(11(3)4)14(18)9-16(5)13(8-15)12-6-7-12;/h10-13H,6-9,15H2,1-5H3;1H. The topological polar surface area (TPSA) is 49.6 Å². The number of nitrogens with zero attached hydrogens (tertiary/aromatic N) is 2. The van der Waals surface area contributed by atoms with Crippen LogP contribution in [-0.4, -0.2) is 54.0 Å². The Morgan fingerprint density at radius 2 is 1.68 bits per heavy atom. The molecule has 1 unspecified atom stereocenters. The number of carbonyl (C=O) groups excluding carboxylic acids is 1. The highest BCUT2D eigenvalue weighted by Crippen LogP contribution is 2.34. The van der Waals surface area contributed by atoms with Crippen molar-refractivity contribution >= 4 is 18.3 Å². The normalized spacial score (nSPS) is 16.7. The van der Waals surface area contributed by atoms with E-state index in [9.17, 15) is 4.79 Å². The van der Waals surface area contributed by atoms with Crippen molar-refractivity contribution < 1.29 is 4.79 Å². The Balaban J connectivity index is 0.00000324. The predicted molar refractivity (Wildman–Crippen MR) is 82.6 cm³/mol. The van der Waals surface area contributed by atoms with Crippen molar-refractivity contribution in [3.05, 3.63) is 0 Å². The Labute approximate surface area is 124 Å². The van der Waals surface area contributed by atoms with E-state index >= 15 is 0 Å². The summed E-state index contributed by atoms with van der Waals surface area (Å²) in [5.74, 6) is 0.918.